The van der Waals surface area contributed by atoms with Crippen LogP contribution in [0, 0.1) is 5.92 Å². The molecule has 1 saturated heterocycles. The summed E-state index contributed by atoms with van der Waals surface area (Å²) in [5.74, 6) is 0.678. The van der Waals surface area contributed by atoms with E-state index in [2.05, 4.69) is 25.9 Å². The molecule has 0 radical (unpaired) electrons. The summed E-state index contributed by atoms with van der Waals surface area (Å²) in [4.78, 5) is 2.44. The van der Waals surface area contributed by atoms with Crippen LogP contribution in [0.25, 0.3) is 0 Å². The lowest BCUT2D eigenvalue weighted by molar-refractivity contribution is 0.308. The van der Waals surface area contributed by atoms with Crippen molar-refractivity contribution in [2.24, 2.45) is 18.7 Å². The number of likely N-dealkylation sites (tertiary alicyclic amines) is 1. The smallest absolute Gasteiger partial charge is 0.0663 e. The Morgan fingerprint density at radius 3 is 2.88 bits per heavy atom. The highest BCUT2D eigenvalue weighted by molar-refractivity contribution is 9.10. The maximum Gasteiger partial charge on any atom is 0.0663 e. The van der Waals surface area contributed by atoms with Gasteiger partial charge < -0.3 is 5.73 Å². The summed E-state index contributed by atoms with van der Waals surface area (Å²) in [6.45, 7) is 4.05. The molecule has 4 nitrogen and oxygen atoms in total. The number of aryl methyl sites for hydroxylation is 1. The molecule has 0 saturated carbocycles. The van der Waals surface area contributed by atoms with Crippen molar-refractivity contribution in [2.45, 2.75) is 13.0 Å². The van der Waals surface area contributed by atoms with Crippen LogP contribution in [0.3, 0.4) is 0 Å². The van der Waals surface area contributed by atoms with E-state index >= 15 is 0 Å². The summed E-state index contributed by atoms with van der Waals surface area (Å²) in [5.41, 5.74) is 6.92. The fourth-order valence-electron chi connectivity index (χ4n) is 2.07. The SMILES string of the molecule is Cl.Cn1ncc(Br)c1CN1CCC(CN)C1. The highest BCUT2D eigenvalue weighted by Crippen LogP contribution is 2.21. The van der Waals surface area contributed by atoms with Crippen LogP contribution >= 0.6 is 28.3 Å². The second-order valence-electron chi connectivity index (χ2n) is 4.19. The summed E-state index contributed by atoms with van der Waals surface area (Å²) in [6.07, 6.45) is 3.08. The van der Waals surface area contributed by atoms with Gasteiger partial charge in [-0.15, -0.1) is 12.4 Å². The van der Waals surface area contributed by atoms with Crippen LogP contribution in [0.4, 0.5) is 0 Å². The number of hydrogen-bond donors (Lipinski definition) is 1. The highest BCUT2D eigenvalue weighted by atomic mass is 79.9. The predicted octanol–water partition coefficient (Wildman–Crippen LogP) is 1.38. The number of halogens is 2. The third kappa shape index (κ3) is 2.97. The van der Waals surface area contributed by atoms with E-state index in [0.717, 1.165) is 30.7 Å². The molecule has 0 spiro atoms. The Balaban J connectivity index is 0.00000128. The molecule has 0 aliphatic carbocycles. The Labute approximate surface area is 111 Å². The lowest BCUT2D eigenvalue weighted by atomic mass is 10.1. The Bertz CT molecular complexity index is 322. The molecule has 1 atom stereocenters. The van der Waals surface area contributed by atoms with Crippen LogP contribution < -0.4 is 5.73 Å². The van der Waals surface area contributed by atoms with Crippen LogP contribution in [-0.4, -0.2) is 34.3 Å². The Morgan fingerprint density at radius 1 is 1.62 bits per heavy atom. The summed E-state index contributed by atoms with van der Waals surface area (Å²) in [5, 5.41) is 4.22. The fraction of sp³-hybridized carbons (Fsp3) is 0.700. The van der Waals surface area contributed by atoms with Crippen LogP contribution in [0.1, 0.15) is 12.1 Å². The summed E-state index contributed by atoms with van der Waals surface area (Å²) in [6, 6.07) is 0. The van der Waals surface area contributed by atoms with Gasteiger partial charge >= 0.3 is 0 Å². The van der Waals surface area contributed by atoms with Crippen molar-refractivity contribution < 1.29 is 0 Å². The van der Waals surface area contributed by atoms with Gasteiger partial charge in [-0.05, 0) is 41.4 Å². The van der Waals surface area contributed by atoms with E-state index in [0.29, 0.717) is 5.92 Å². The topological polar surface area (TPSA) is 47.1 Å². The summed E-state index contributed by atoms with van der Waals surface area (Å²) >= 11 is 3.52. The standard InChI is InChI=1S/C10H17BrN4.ClH/c1-14-10(9(11)5-13-14)7-15-3-2-8(4-12)6-15;/h5,8H,2-4,6-7,12H2,1H3;1H. The van der Waals surface area contributed by atoms with Crippen LogP contribution in [0.15, 0.2) is 10.7 Å². The molecule has 2 rings (SSSR count). The van der Waals surface area contributed by atoms with Crippen molar-refractivity contribution in [3.8, 4) is 0 Å². The van der Waals surface area contributed by atoms with E-state index in [9.17, 15) is 0 Å². The van der Waals surface area contributed by atoms with E-state index in [1.54, 1.807) is 0 Å². The van der Waals surface area contributed by atoms with Gasteiger partial charge in [0.15, 0.2) is 0 Å². The molecule has 1 fully saturated rings. The first-order valence-electron chi connectivity index (χ1n) is 5.29. The van der Waals surface area contributed by atoms with Crippen molar-refractivity contribution in [1.82, 2.24) is 14.7 Å². The third-order valence-electron chi connectivity index (χ3n) is 3.09. The zero-order valence-electron chi connectivity index (χ0n) is 9.40. The van der Waals surface area contributed by atoms with Crippen LogP contribution in [0.5, 0.6) is 0 Å². The molecule has 2 heterocycles. The monoisotopic (exact) mass is 308 g/mol. The third-order valence-corrected chi connectivity index (χ3v) is 3.75. The van der Waals surface area contributed by atoms with Crippen LogP contribution in [-0.2, 0) is 13.6 Å². The molecule has 16 heavy (non-hydrogen) atoms. The molecular weight excluding hydrogens is 291 g/mol. The first-order valence-corrected chi connectivity index (χ1v) is 6.08. The van der Waals surface area contributed by atoms with Crippen molar-refractivity contribution in [3.05, 3.63) is 16.4 Å². The Morgan fingerprint density at radius 2 is 2.38 bits per heavy atom. The lowest BCUT2D eigenvalue weighted by Crippen LogP contribution is -2.24. The van der Waals surface area contributed by atoms with Gasteiger partial charge in [0, 0.05) is 20.1 Å². The molecule has 0 aromatic carbocycles. The molecular formula is C10H18BrClN4. The molecule has 1 unspecified atom stereocenters. The van der Waals surface area contributed by atoms with Crippen molar-refractivity contribution in [2.75, 3.05) is 19.6 Å². The average Bonchev–Trinajstić information content (AvgIpc) is 2.80. The number of rotatable bonds is 3. The van der Waals surface area contributed by atoms with Gasteiger partial charge in [0.05, 0.1) is 16.4 Å². The van der Waals surface area contributed by atoms with E-state index in [4.69, 9.17) is 5.73 Å². The van der Waals surface area contributed by atoms with E-state index in [1.807, 2.05) is 17.9 Å². The molecule has 1 aromatic rings. The number of aromatic nitrogens is 2. The minimum atomic E-state index is 0. The summed E-state index contributed by atoms with van der Waals surface area (Å²) < 4.78 is 3.03. The first-order chi connectivity index (χ1) is 7.20. The molecule has 6 heteroatoms. The normalized spacial score (nSPS) is 21.1. The molecule has 1 aromatic heterocycles. The average molecular weight is 310 g/mol. The fourth-order valence-corrected chi connectivity index (χ4v) is 2.55. The first kappa shape index (κ1) is 14.0. The van der Waals surface area contributed by atoms with Crippen molar-refractivity contribution in [1.29, 1.82) is 0 Å². The second-order valence-corrected chi connectivity index (χ2v) is 5.04. The van der Waals surface area contributed by atoms with Crippen molar-refractivity contribution >= 4 is 28.3 Å². The van der Waals surface area contributed by atoms with Crippen molar-refractivity contribution in [3.63, 3.8) is 0 Å². The number of nitrogens with zero attached hydrogens (tertiary/aromatic N) is 3. The molecule has 0 amide bonds. The summed E-state index contributed by atoms with van der Waals surface area (Å²) in [7, 11) is 1.98. The molecule has 2 N–H and O–H groups in total. The second kappa shape index (κ2) is 6.00. The van der Waals surface area contributed by atoms with Crippen LogP contribution in [0.2, 0.25) is 0 Å². The maximum atomic E-state index is 5.68. The molecule has 1 aliphatic heterocycles. The van der Waals surface area contributed by atoms with E-state index in [1.165, 1.54) is 12.1 Å². The minimum absolute atomic E-state index is 0. The molecule has 0 bridgehead atoms. The van der Waals surface area contributed by atoms with E-state index in [-0.39, 0.29) is 12.4 Å². The highest BCUT2D eigenvalue weighted by Gasteiger charge is 2.22. The maximum absolute atomic E-state index is 5.68. The van der Waals surface area contributed by atoms with Gasteiger partial charge in [0.2, 0.25) is 0 Å². The molecule has 1 aliphatic rings. The van der Waals surface area contributed by atoms with Gasteiger partial charge in [-0.3, -0.25) is 9.58 Å². The van der Waals surface area contributed by atoms with Gasteiger partial charge in [0.1, 0.15) is 0 Å². The largest absolute Gasteiger partial charge is 0.330 e. The zero-order valence-corrected chi connectivity index (χ0v) is 11.8. The predicted molar refractivity (Wildman–Crippen MR) is 70.6 cm³/mol. The minimum Gasteiger partial charge on any atom is -0.330 e. The number of hydrogen-bond acceptors (Lipinski definition) is 3. The zero-order chi connectivity index (χ0) is 10.8. The quantitative estimate of drug-likeness (QED) is 0.918. The van der Waals surface area contributed by atoms with E-state index < -0.39 is 0 Å². The number of nitrogens with two attached hydrogens (primary N) is 1. The van der Waals surface area contributed by atoms with Gasteiger partial charge in [-0.25, -0.2) is 0 Å². The van der Waals surface area contributed by atoms with Gasteiger partial charge in [-0.1, -0.05) is 0 Å². The van der Waals surface area contributed by atoms with Gasteiger partial charge in [-0.2, -0.15) is 5.10 Å². The Kier molecular flexibility index (Phi) is 5.24. The van der Waals surface area contributed by atoms with Gasteiger partial charge in [0.25, 0.3) is 0 Å². The molecule has 92 valence electrons. The Hall–Kier alpha value is -0.100. The lowest BCUT2D eigenvalue weighted by Gasteiger charge is -2.15.